The van der Waals surface area contributed by atoms with E-state index in [1.54, 1.807) is 0 Å². The zero-order chi connectivity index (χ0) is 12.4. The molecule has 1 saturated heterocycles. The topological polar surface area (TPSA) is 41.3 Å². The minimum atomic E-state index is 0.423. The Morgan fingerprint density at radius 2 is 2.35 bits per heavy atom. The molecule has 0 saturated carbocycles. The molecule has 1 unspecified atom stereocenters. The first-order valence-electron chi connectivity index (χ1n) is 5.61. The van der Waals surface area contributed by atoms with Crippen molar-refractivity contribution in [1.29, 1.82) is 0 Å². The molecular weight excluding hydrogens is 298 g/mol. The van der Waals surface area contributed by atoms with Crippen molar-refractivity contribution in [2.75, 3.05) is 25.5 Å². The number of nitrogens with two attached hydrogens (primary N) is 1. The summed E-state index contributed by atoms with van der Waals surface area (Å²) in [6, 6.07) is 6.45. The highest BCUT2D eigenvalue weighted by atomic mass is 79.9. The summed E-state index contributed by atoms with van der Waals surface area (Å²) in [5.41, 5.74) is 7.69. The van der Waals surface area contributed by atoms with E-state index in [-0.39, 0.29) is 0 Å². The van der Waals surface area contributed by atoms with Gasteiger partial charge in [-0.05, 0) is 48.1 Å². The van der Waals surface area contributed by atoms with Gasteiger partial charge in [0.05, 0.1) is 0 Å². The second kappa shape index (κ2) is 5.33. The standard InChI is InChI=1S/C12H16BrN3S/c1-16-6-5-8(7-16)15-10-4-2-3-9(13)11(10)12(14)17/h2-4,8,15H,5-7H2,1H3,(H2,14,17). The van der Waals surface area contributed by atoms with Gasteiger partial charge in [0.25, 0.3) is 0 Å². The van der Waals surface area contributed by atoms with E-state index in [0.29, 0.717) is 11.0 Å². The lowest BCUT2D eigenvalue weighted by Gasteiger charge is -2.17. The lowest BCUT2D eigenvalue weighted by molar-refractivity contribution is 0.414. The molecule has 17 heavy (non-hydrogen) atoms. The average molecular weight is 314 g/mol. The summed E-state index contributed by atoms with van der Waals surface area (Å²) in [7, 11) is 2.14. The van der Waals surface area contributed by atoms with E-state index < -0.39 is 0 Å². The summed E-state index contributed by atoms with van der Waals surface area (Å²) < 4.78 is 0.946. The molecule has 0 radical (unpaired) electrons. The number of thiocarbonyl (C=S) groups is 1. The number of anilines is 1. The van der Waals surface area contributed by atoms with E-state index >= 15 is 0 Å². The van der Waals surface area contributed by atoms with Crippen LogP contribution in [0.1, 0.15) is 12.0 Å². The molecule has 1 aromatic rings. The highest BCUT2D eigenvalue weighted by molar-refractivity contribution is 9.10. The normalized spacial score (nSPS) is 20.5. The Labute approximate surface area is 115 Å². The Hall–Kier alpha value is -0.650. The molecule has 1 atom stereocenters. The first-order chi connectivity index (χ1) is 8.08. The number of hydrogen-bond donors (Lipinski definition) is 2. The van der Waals surface area contributed by atoms with Gasteiger partial charge in [0.1, 0.15) is 4.99 Å². The van der Waals surface area contributed by atoms with Crippen molar-refractivity contribution in [2.45, 2.75) is 12.5 Å². The predicted molar refractivity (Wildman–Crippen MR) is 79.6 cm³/mol. The Morgan fingerprint density at radius 1 is 1.59 bits per heavy atom. The third-order valence-corrected chi connectivity index (χ3v) is 3.88. The van der Waals surface area contributed by atoms with Gasteiger partial charge in [-0.3, -0.25) is 0 Å². The Kier molecular flexibility index (Phi) is 4.01. The molecular formula is C12H16BrN3S. The molecule has 0 amide bonds. The van der Waals surface area contributed by atoms with Crippen molar-refractivity contribution in [3.05, 3.63) is 28.2 Å². The van der Waals surface area contributed by atoms with Crippen LogP contribution >= 0.6 is 28.1 Å². The van der Waals surface area contributed by atoms with E-state index in [9.17, 15) is 0 Å². The maximum atomic E-state index is 5.77. The van der Waals surface area contributed by atoms with Crippen molar-refractivity contribution in [3.63, 3.8) is 0 Å². The second-order valence-electron chi connectivity index (χ2n) is 4.42. The minimum Gasteiger partial charge on any atom is -0.389 e. The van der Waals surface area contributed by atoms with Crippen LogP contribution in [0.3, 0.4) is 0 Å². The van der Waals surface area contributed by atoms with E-state index in [2.05, 4.69) is 33.2 Å². The third-order valence-electron chi connectivity index (χ3n) is 3.01. The fourth-order valence-corrected chi connectivity index (χ4v) is 3.10. The average Bonchev–Trinajstić information content (AvgIpc) is 2.63. The third kappa shape index (κ3) is 2.97. The highest BCUT2D eigenvalue weighted by Gasteiger charge is 2.20. The van der Waals surface area contributed by atoms with Gasteiger partial charge < -0.3 is 16.0 Å². The zero-order valence-corrected chi connectivity index (χ0v) is 12.1. The van der Waals surface area contributed by atoms with Crippen molar-refractivity contribution >= 4 is 38.8 Å². The minimum absolute atomic E-state index is 0.423. The Morgan fingerprint density at radius 3 is 2.94 bits per heavy atom. The molecule has 1 aromatic carbocycles. The van der Waals surface area contributed by atoms with E-state index in [1.807, 2.05) is 18.2 Å². The molecule has 3 N–H and O–H groups in total. The molecule has 2 rings (SSSR count). The van der Waals surface area contributed by atoms with E-state index in [1.165, 1.54) is 0 Å². The summed E-state index contributed by atoms with van der Waals surface area (Å²) in [5.74, 6) is 0. The number of nitrogens with one attached hydrogen (secondary N) is 1. The Balaban J connectivity index is 2.20. The maximum Gasteiger partial charge on any atom is 0.107 e. The molecule has 1 fully saturated rings. The summed E-state index contributed by atoms with van der Waals surface area (Å²) in [5, 5.41) is 3.52. The fourth-order valence-electron chi connectivity index (χ4n) is 2.17. The summed E-state index contributed by atoms with van der Waals surface area (Å²) in [4.78, 5) is 2.74. The molecule has 1 heterocycles. The van der Waals surface area contributed by atoms with E-state index in [4.69, 9.17) is 18.0 Å². The molecule has 0 spiro atoms. The lowest BCUT2D eigenvalue weighted by Crippen LogP contribution is -2.25. The van der Waals surface area contributed by atoms with Gasteiger partial charge >= 0.3 is 0 Å². The number of nitrogens with zero attached hydrogens (tertiary/aromatic N) is 1. The van der Waals surface area contributed by atoms with Gasteiger partial charge in [-0.25, -0.2) is 0 Å². The monoisotopic (exact) mass is 313 g/mol. The van der Waals surface area contributed by atoms with Crippen molar-refractivity contribution in [2.24, 2.45) is 5.73 Å². The van der Waals surface area contributed by atoms with Crippen LogP contribution in [-0.2, 0) is 0 Å². The van der Waals surface area contributed by atoms with Crippen LogP contribution in [0.2, 0.25) is 0 Å². The van der Waals surface area contributed by atoms with Crippen LogP contribution < -0.4 is 11.1 Å². The number of benzene rings is 1. The van der Waals surface area contributed by atoms with Crippen molar-refractivity contribution in [3.8, 4) is 0 Å². The molecule has 3 nitrogen and oxygen atoms in total. The maximum absolute atomic E-state index is 5.77. The van der Waals surface area contributed by atoms with Gasteiger partial charge in [0.2, 0.25) is 0 Å². The van der Waals surface area contributed by atoms with Gasteiger partial charge in [-0.15, -0.1) is 0 Å². The van der Waals surface area contributed by atoms with Gasteiger partial charge in [0, 0.05) is 28.3 Å². The first-order valence-corrected chi connectivity index (χ1v) is 6.81. The second-order valence-corrected chi connectivity index (χ2v) is 5.71. The molecule has 1 aliphatic heterocycles. The van der Waals surface area contributed by atoms with Crippen LogP contribution in [0.15, 0.2) is 22.7 Å². The number of hydrogen-bond acceptors (Lipinski definition) is 3. The van der Waals surface area contributed by atoms with Crippen LogP contribution in [0, 0.1) is 0 Å². The smallest absolute Gasteiger partial charge is 0.107 e. The molecule has 1 aliphatic rings. The van der Waals surface area contributed by atoms with Crippen molar-refractivity contribution in [1.82, 2.24) is 4.90 Å². The molecule has 92 valence electrons. The van der Waals surface area contributed by atoms with Gasteiger partial charge in [-0.1, -0.05) is 18.3 Å². The van der Waals surface area contributed by atoms with Crippen molar-refractivity contribution < 1.29 is 0 Å². The van der Waals surface area contributed by atoms with Gasteiger partial charge in [0.15, 0.2) is 0 Å². The number of halogens is 1. The highest BCUT2D eigenvalue weighted by Crippen LogP contribution is 2.26. The SMILES string of the molecule is CN1CCC(Nc2cccc(Br)c2C(N)=S)C1. The van der Waals surface area contributed by atoms with Gasteiger partial charge in [-0.2, -0.15) is 0 Å². The van der Waals surface area contributed by atoms with Crippen LogP contribution in [0.25, 0.3) is 0 Å². The van der Waals surface area contributed by atoms with Crippen LogP contribution in [0.4, 0.5) is 5.69 Å². The predicted octanol–water partition coefficient (Wildman–Crippen LogP) is 2.20. The lowest BCUT2D eigenvalue weighted by atomic mass is 10.1. The zero-order valence-electron chi connectivity index (χ0n) is 9.74. The van der Waals surface area contributed by atoms with E-state index in [0.717, 1.165) is 35.2 Å². The summed E-state index contributed by atoms with van der Waals surface area (Å²) >= 11 is 8.59. The Bertz CT molecular complexity index is 436. The molecule has 0 bridgehead atoms. The first kappa shape index (κ1) is 12.8. The van der Waals surface area contributed by atoms with Crippen LogP contribution in [-0.4, -0.2) is 36.1 Å². The number of rotatable bonds is 3. The largest absolute Gasteiger partial charge is 0.389 e. The molecule has 5 heteroatoms. The van der Waals surface area contributed by atoms with Crippen LogP contribution in [0.5, 0.6) is 0 Å². The molecule has 0 aliphatic carbocycles. The summed E-state index contributed by atoms with van der Waals surface area (Å²) in [6.07, 6.45) is 1.15. The fraction of sp³-hybridized carbons (Fsp3) is 0.417. The quantitative estimate of drug-likeness (QED) is 0.839. The molecule has 0 aromatic heterocycles. The summed E-state index contributed by atoms with van der Waals surface area (Å²) in [6.45, 7) is 2.19. The number of likely N-dealkylation sites (tertiary alicyclic amines) is 1. The number of likely N-dealkylation sites (N-methyl/N-ethyl adjacent to an activating group) is 1.